The first kappa shape index (κ1) is 29.2. The molecule has 13 heteroatoms. The fourth-order valence-electron chi connectivity index (χ4n) is 3.88. The summed E-state index contributed by atoms with van der Waals surface area (Å²) in [6.07, 6.45) is 0.881. The Balaban J connectivity index is 1.34. The standard InChI is InChI=1S/C27H24Cl2N4O6S/c28-19-5-3-6-20(29)23(19)25(35)31-17-9-7-16(8-10-17)12-21(26(36)37)32-24(34)22-14-40-15-33(22)27(38)39-13-18-4-1-2-11-30-18/h1-11,21-22H,12-15H2,(H,31,35)(H,32,34)(H,36,37)/t21-,22+/m0/s1. The fraction of sp³-hybridized carbons (Fsp3) is 0.222. The maximum Gasteiger partial charge on any atom is 0.411 e. The second-order valence-corrected chi connectivity index (χ2v) is 10.5. The Morgan fingerprint density at radius 2 is 1.77 bits per heavy atom. The predicted octanol–water partition coefficient (Wildman–Crippen LogP) is 4.46. The Labute approximate surface area is 244 Å². The van der Waals surface area contributed by atoms with Crippen molar-refractivity contribution in [3.8, 4) is 0 Å². The summed E-state index contributed by atoms with van der Waals surface area (Å²) in [5.74, 6) is -1.76. The molecule has 208 valence electrons. The number of amides is 3. The molecule has 1 aliphatic heterocycles. The lowest BCUT2D eigenvalue weighted by Gasteiger charge is -2.24. The third-order valence-electron chi connectivity index (χ3n) is 5.95. The summed E-state index contributed by atoms with van der Waals surface area (Å²) in [5.41, 5.74) is 1.76. The molecule has 4 rings (SSSR count). The molecule has 2 heterocycles. The number of nitrogens with one attached hydrogen (secondary N) is 2. The van der Waals surface area contributed by atoms with E-state index in [0.29, 0.717) is 22.7 Å². The van der Waals surface area contributed by atoms with E-state index >= 15 is 0 Å². The molecule has 2 aromatic carbocycles. The van der Waals surface area contributed by atoms with Gasteiger partial charge in [-0.25, -0.2) is 9.59 Å². The molecule has 3 N–H and O–H groups in total. The minimum absolute atomic E-state index is 0.0182. The summed E-state index contributed by atoms with van der Waals surface area (Å²) in [6, 6.07) is 14.3. The van der Waals surface area contributed by atoms with Crippen molar-refractivity contribution in [1.82, 2.24) is 15.2 Å². The Hall–Kier alpha value is -3.80. The van der Waals surface area contributed by atoms with Crippen LogP contribution in [0.15, 0.2) is 66.9 Å². The lowest BCUT2D eigenvalue weighted by Crippen LogP contribution is -2.52. The van der Waals surface area contributed by atoms with Crippen molar-refractivity contribution in [2.75, 3.05) is 16.9 Å². The van der Waals surface area contributed by atoms with E-state index in [1.807, 2.05) is 0 Å². The molecule has 10 nitrogen and oxygen atoms in total. The van der Waals surface area contributed by atoms with Crippen LogP contribution in [0.1, 0.15) is 21.6 Å². The molecule has 1 saturated heterocycles. The van der Waals surface area contributed by atoms with E-state index in [1.54, 1.807) is 66.9 Å². The lowest BCUT2D eigenvalue weighted by atomic mass is 10.0. The first-order chi connectivity index (χ1) is 19.2. The van der Waals surface area contributed by atoms with Gasteiger partial charge >= 0.3 is 12.1 Å². The number of hydrogen-bond donors (Lipinski definition) is 3. The van der Waals surface area contributed by atoms with Gasteiger partial charge in [0.15, 0.2) is 0 Å². The molecular formula is C27H24Cl2N4O6S. The van der Waals surface area contributed by atoms with Gasteiger partial charge in [-0.3, -0.25) is 19.5 Å². The minimum atomic E-state index is -1.24. The summed E-state index contributed by atoms with van der Waals surface area (Å²) in [4.78, 5) is 55.5. The van der Waals surface area contributed by atoms with Crippen molar-refractivity contribution in [1.29, 1.82) is 0 Å². The van der Waals surface area contributed by atoms with E-state index in [9.17, 15) is 24.3 Å². The van der Waals surface area contributed by atoms with Crippen molar-refractivity contribution in [2.45, 2.75) is 25.1 Å². The van der Waals surface area contributed by atoms with E-state index < -0.39 is 36.0 Å². The number of aliphatic carboxylic acids is 1. The topological polar surface area (TPSA) is 138 Å². The lowest BCUT2D eigenvalue weighted by molar-refractivity contribution is -0.142. The van der Waals surface area contributed by atoms with Crippen LogP contribution >= 0.6 is 35.0 Å². The normalized spacial score (nSPS) is 15.2. The van der Waals surface area contributed by atoms with Gasteiger partial charge < -0.3 is 20.5 Å². The molecular weight excluding hydrogens is 579 g/mol. The van der Waals surface area contributed by atoms with E-state index in [4.69, 9.17) is 27.9 Å². The third-order valence-corrected chi connectivity index (χ3v) is 7.59. The molecule has 0 spiro atoms. The molecule has 0 radical (unpaired) electrons. The zero-order chi connectivity index (χ0) is 28.6. The fourth-order valence-corrected chi connectivity index (χ4v) is 5.59. The van der Waals surface area contributed by atoms with Crippen LogP contribution in [0.2, 0.25) is 10.0 Å². The van der Waals surface area contributed by atoms with E-state index in [1.165, 1.54) is 16.7 Å². The number of carbonyl (C=O) groups is 4. The van der Waals surface area contributed by atoms with Crippen LogP contribution in [0.3, 0.4) is 0 Å². The zero-order valence-electron chi connectivity index (χ0n) is 20.9. The largest absolute Gasteiger partial charge is 0.480 e. The molecule has 3 aromatic rings. The Kier molecular flexibility index (Phi) is 9.86. The van der Waals surface area contributed by atoms with E-state index in [0.717, 1.165) is 0 Å². The molecule has 0 saturated carbocycles. The molecule has 2 atom stereocenters. The van der Waals surface area contributed by atoms with Gasteiger partial charge in [-0.1, -0.05) is 47.5 Å². The zero-order valence-corrected chi connectivity index (χ0v) is 23.2. The highest BCUT2D eigenvalue weighted by Gasteiger charge is 2.37. The monoisotopic (exact) mass is 602 g/mol. The van der Waals surface area contributed by atoms with Gasteiger partial charge in [0, 0.05) is 24.1 Å². The summed E-state index contributed by atoms with van der Waals surface area (Å²) in [5, 5.41) is 15.4. The maximum absolute atomic E-state index is 13.0. The number of nitrogens with zero attached hydrogens (tertiary/aromatic N) is 2. The quantitative estimate of drug-likeness (QED) is 0.326. The van der Waals surface area contributed by atoms with Gasteiger partial charge in [-0.15, -0.1) is 11.8 Å². The van der Waals surface area contributed by atoms with E-state index in [2.05, 4.69) is 15.6 Å². The Morgan fingerprint density at radius 1 is 1.05 bits per heavy atom. The highest BCUT2D eigenvalue weighted by atomic mass is 35.5. The number of pyridine rings is 1. The predicted molar refractivity (Wildman–Crippen MR) is 152 cm³/mol. The molecule has 3 amide bonds. The number of rotatable bonds is 9. The number of halogens is 2. The summed E-state index contributed by atoms with van der Waals surface area (Å²) < 4.78 is 5.29. The average Bonchev–Trinajstić information content (AvgIpc) is 3.43. The highest BCUT2D eigenvalue weighted by molar-refractivity contribution is 7.99. The van der Waals surface area contributed by atoms with Crippen LogP contribution in [-0.2, 0) is 27.4 Å². The van der Waals surface area contributed by atoms with Crippen molar-refractivity contribution in [3.05, 3.63) is 93.7 Å². The summed E-state index contributed by atoms with van der Waals surface area (Å²) in [7, 11) is 0. The number of hydrogen-bond acceptors (Lipinski definition) is 7. The van der Waals surface area contributed by atoms with Crippen LogP contribution in [0.5, 0.6) is 0 Å². The van der Waals surface area contributed by atoms with Gasteiger partial charge in [0.25, 0.3) is 5.91 Å². The van der Waals surface area contributed by atoms with Gasteiger partial charge in [0.2, 0.25) is 5.91 Å². The van der Waals surface area contributed by atoms with Gasteiger partial charge in [0.1, 0.15) is 18.7 Å². The maximum atomic E-state index is 13.0. The van der Waals surface area contributed by atoms with Crippen molar-refractivity contribution < 1.29 is 29.0 Å². The summed E-state index contributed by atoms with van der Waals surface area (Å²) in [6.45, 7) is -0.0468. The Morgan fingerprint density at radius 3 is 2.42 bits per heavy atom. The first-order valence-corrected chi connectivity index (χ1v) is 13.9. The van der Waals surface area contributed by atoms with Crippen molar-refractivity contribution in [3.63, 3.8) is 0 Å². The number of carbonyl (C=O) groups excluding carboxylic acids is 3. The second-order valence-electron chi connectivity index (χ2n) is 8.71. The number of ether oxygens (including phenoxy) is 1. The molecule has 40 heavy (non-hydrogen) atoms. The van der Waals surface area contributed by atoms with Crippen molar-refractivity contribution >= 4 is 64.5 Å². The molecule has 0 bridgehead atoms. The smallest absolute Gasteiger partial charge is 0.411 e. The number of benzene rings is 2. The third kappa shape index (κ3) is 7.44. The molecule has 1 aliphatic rings. The van der Waals surface area contributed by atoms with Crippen LogP contribution in [0.4, 0.5) is 10.5 Å². The van der Waals surface area contributed by atoms with Crippen LogP contribution in [-0.4, -0.2) is 62.6 Å². The number of aromatic nitrogens is 1. The molecule has 1 aromatic heterocycles. The van der Waals surface area contributed by atoms with Crippen LogP contribution in [0, 0.1) is 0 Å². The first-order valence-electron chi connectivity index (χ1n) is 12.0. The second kappa shape index (κ2) is 13.5. The van der Waals surface area contributed by atoms with Gasteiger partial charge in [-0.05, 0) is 42.0 Å². The molecule has 1 fully saturated rings. The molecule has 0 aliphatic carbocycles. The SMILES string of the molecule is O=C(Nc1ccc(C[C@H](NC(=O)[C@H]2CSCN2C(=O)OCc2ccccn2)C(=O)O)cc1)c1c(Cl)cccc1Cl. The minimum Gasteiger partial charge on any atom is -0.480 e. The highest BCUT2D eigenvalue weighted by Crippen LogP contribution is 2.26. The number of anilines is 1. The van der Waals surface area contributed by atoms with Gasteiger partial charge in [0.05, 0.1) is 27.2 Å². The molecule has 0 unspecified atom stereocenters. The van der Waals surface area contributed by atoms with E-state index in [-0.39, 0.29) is 34.5 Å². The summed E-state index contributed by atoms with van der Waals surface area (Å²) >= 11 is 13.5. The van der Waals surface area contributed by atoms with Gasteiger partial charge in [-0.2, -0.15) is 0 Å². The number of thioether (sulfide) groups is 1. The average molecular weight is 603 g/mol. The number of carboxylic acids is 1. The van der Waals surface area contributed by atoms with Crippen LogP contribution in [0.25, 0.3) is 0 Å². The van der Waals surface area contributed by atoms with Crippen LogP contribution < -0.4 is 10.6 Å². The Bertz CT molecular complexity index is 1370. The number of carboxylic acid groups (broad SMARTS) is 1. The van der Waals surface area contributed by atoms with Crippen molar-refractivity contribution in [2.24, 2.45) is 0 Å².